The van der Waals surface area contributed by atoms with E-state index in [9.17, 15) is 14.4 Å². The van der Waals surface area contributed by atoms with Gasteiger partial charge in [0.25, 0.3) is 0 Å². The van der Waals surface area contributed by atoms with E-state index in [4.69, 9.17) is 18.9 Å². The summed E-state index contributed by atoms with van der Waals surface area (Å²) in [7, 11) is 1.23. The number of fused-ring (bicyclic) bond motifs is 1. The zero-order valence-corrected chi connectivity index (χ0v) is 15.2. The summed E-state index contributed by atoms with van der Waals surface area (Å²) in [5.74, 6) is -3.75. The van der Waals surface area contributed by atoms with Crippen LogP contribution in [-0.2, 0) is 28.6 Å². The number of ether oxygens (including phenoxy) is 4. The van der Waals surface area contributed by atoms with Crippen molar-refractivity contribution in [3.63, 3.8) is 0 Å². The van der Waals surface area contributed by atoms with Gasteiger partial charge in [-0.15, -0.1) is 0 Å². The lowest BCUT2D eigenvalue weighted by Crippen LogP contribution is -2.37. The van der Waals surface area contributed by atoms with Crippen molar-refractivity contribution in [1.82, 2.24) is 0 Å². The van der Waals surface area contributed by atoms with Crippen molar-refractivity contribution in [1.29, 1.82) is 0 Å². The molecule has 0 aromatic heterocycles. The summed E-state index contributed by atoms with van der Waals surface area (Å²) < 4.78 is 20.7. The molecule has 26 heavy (non-hydrogen) atoms. The maximum absolute atomic E-state index is 12.6. The summed E-state index contributed by atoms with van der Waals surface area (Å²) in [5.41, 5.74) is 0.613. The third-order valence-corrected chi connectivity index (χ3v) is 4.03. The number of esters is 3. The van der Waals surface area contributed by atoms with Gasteiger partial charge in [0.15, 0.2) is 5.92 Å². The van der Waals surface area contributed by atoms with E-state index < -0.39 is 29.7 Å². The second-order valence-corrected chi connectivity index (χ2v) is 5.56. The number of rotatable bonds is 6. The molecule has 1 aliphatic rings. The Hall–Kier alpha value is -2.83. The van der Waals surface area contributed by atoms with Crippen molar-refractivity contribution in [3.05, 3.63) is 41.2 Å². The van der Waals surface area contributed by atoms with E-state index in [2.05, 4.69) is 0 Å². The number of methoxy groups -OCH3 is 1. The molecule has 0 saturated heterocycles. The molecule has 0 bridgehead atoms. The van der Waals surface area contributed by atoms with Gasteiger partial charge in [-0.3, -0.25) is 9.59 Å². The van der Waals surface area contributed by atoms with Crippen LogP contribution in [-0.4, -0.2) is 38.2 Å². The molecular weight excluding hydrogens is 340 g/mol. The Morgan fingerprint density at radius 2 is 1.65 bits per heavy atom. The highest BCUT2D eigenvalue weighted by Crippen LogP contribution is 2.44. The number of hydrogen-bond acceptors (Lipinski definition) is 7. The van der Waals surface area contributed by atoms with Crippen LogP contribution in [0.15, 0.2) is 35.6 Å². The summed E-state index contributed by atoms with van der Waals surface area (Å²) in [4.78, 5) is 37.6. The molecule has 0 amide bonds. The van der Waals surface area contributed by atoms with E-state index in [0.717, 1.165) is 0 Å². The molecule has 1 aromatic rings. The minimum absolute atomic E-state index is 0.0931. The predicted molar refractivity (Wildman–Crippen MR) is 91.3 cm³/mol. The van der Waals surface area contributed by atoms with Gasteiger partial charge >= 0.3 is 17.9 Å². The molecule has 0 saturated carbocycles. The zero-order chi connectivity index (χ0) is 19.3. The van der Waals surface area contributed by atoms with Crippen LogP contribution in [0.4, 0.5) is 0 Å². The molecule has 2 rings (SSSR count). The third kappa shape index (κ3) is 3.71. The molecule has 1 atom stereocenters. The highest BCUT2D eigenvalue weighted by Gasteiger charge is 2.46. The topological polar surface area (TPSA) is 88.1 Å². The lowest BCUT2D eigenvalue weighted by atomic mass is 9.78. The van der Waals surface area contributed by atoms with Gasteiger partial charge in [-0.2, -0.15) is 0 Å². The Morgan fingerprint density at radius 3 is 2.19 bits per heavy atom. The highest BCUT2D eigenvalue weighted by molar-refractivity contribution is 6.01. The smallest absolute Gasteiger partial charge is 0.337 e. The average Bonchev–Trinajstić information content (AvgIpc) is 2.61. The molecule has 0 N–H and O–H groups in total. The summed E-state index contributed by atoms with van der Waals surface area (Å²) in [6, 6.07) is 6.89. The first-order chi connectivity index (χ1) is 12.5. The molecule has 0 radical (unpaired) electrons. The Balaban J connectivity index is 2.65. The summed E-state index contributed by atoms with van der Waals surface area (Å²) in [6.45, 7) is 5.05. The lowest BCUT2D eigenvalue weighted by molar-refractivity contribution is -0.162. The summed E-state index contributed by atoms with van der Waals surface area (Å²) in [5, 5.41) is 0. The molecule has 0 spiro atoms. The van der Waals surface area contributed by atoms with Gasteiger partial charge in [-0.1, -0.05) is 18.2 Å². The van der Waals surface area contributed by atoms with Crippen LogP contribution in [0.3, 0.4) is 0 Å². The van der Waals surface area contributed by atoms with Gasteiger partial charge in [0.2, 0.25) is 0 Å². The summed E-state index contributed by atoms with van der Waals surface area (Å²) in [6.07, 6.45) is 0. The first-order valence-corrected chi connectivity index (χ1v) is 8.35. The number of allylic oxidation sites excluding steroid dienone is 1. The second-order valence-electron chi connectivity index (χ2n) is 5.56. The fourth-order valence-electron chi connectivity index (χ4n) is 2.98. The van der Waals surface area contributed by atoms with Crippen molar-refractivity contribution in [3.8, 4) is 5.75 Å². The first kappa shape index (κ1) is 19.5. The predicted octanol–water partition coefficient (Wildman–Crippen LogP) is 2.35. The highest BCUT2D eigenvalue weighted by atomic mass is 16.6. The van der Waals surface area contributed by atoms with E-state index >= 15 is 0 Å². The van der Waals surface area contributed by atoms with Gasteiger partial charge in [0.05, 0.1) is 25.9 Å². The van der Waals surface area contributed by atoms with Crippen LogP contribution in [0.1, 0.15) is 32.3 Å². The zero-order valence-electron chi connectivity index (χ0n) is 15.2. The maximum Gasteiger partial charge on any atom is 0.337 e. The molecule has 0 aliphatic carbocycles. The molecule has 7 nitrogen and oxygen atoms in total. The van der Waals surface area contributed by atoms with Crippen LogP contribution >= 0.6 is 0 Å². The monoisotopic (exact) mass is 362 g/mol. The minimum atomic E-state index is -1.34. The van der Waals surface area contributed by atoms with Crippen LogP contribution in [0.25, 0.3) is 0 Å². The van der Waals surface area contributed by atoms with E-state index in [1.54, 1.807) is 45.0 Å². The van der Waals surface area contributed by atoms with Crippen LogP contribution in [0.2, 0.25) is 0 Å². The van der Waals surface area contributed by atoms with Crippen molar-refractivity contribution in [2.75, 3.05) is 20.3 Å². The van der Waals surface area contributed by atoms with E-state index in [1.165, 1.54) is 7.11 Å². The van der Waals surface area contributed by atoms with Crippen molar-refractivity contribution in [2.45, 2.75) is 26.7 Å². The van der Waals surface area contributed by atoms with Crippen molar-refractivity contribution in [2.24, 2.45) is 5.92 Å². The normalized spacial score (nSPS) is 15.8. The number of carbonyl (C=O) groups is 3. The molecule has 7 heteroatoms. The first-order valence-electron chi connectivity index (χ1n) is 8.35. The quantitative estimate of drug-likeness (QED) is 0.436. The fourth-order valence-corrected chi connectivity index (χ4v) is 2.98. The van der Waals surface area contributed by atoms with Gasteiger partial charge in [0, 0.05) is 11.5 Å². The lowest BCUT2D eigenvalue weighted by Gasteiger charge is -2.31. The number of hydrogen-bond donors (Lipinski definition) is 0. The SMILES string of the molecule is CCOC(=O)C(C(=O)OCC)C1C(C(=O)OC)=C(C)Oc2ccccc21. The van der Waals surface area contributed by atoms with Crippen molar-refractivity contribution >= 4 is 17.9 Å². The molecule has 140 valence electrons. The fraction of sp³-hybridized carbons (Fsp3) is 0.421. The average molecular weight is 362 g/mol. The Bertz CT molecular complexity index is 717. The number of carbonyl (C=O) groups excluding carboxylic acids is 3. The Labute approximate surface area is 151 Å². The minimum Gasteiger partial charge on any atom is -0.466 e. The molecule has 1 unspecified atom stereocenters. The van der Waals surface area contributed by atoms with E-state index in [-0.39, 0.29) is 24.5 Å². The molecular formula is C19H22O7. The molecule has 1 aliphatic heterocycles. The van der Waals surface area contributed by atoms with Gasteiger partial charge in [0.1, 0.15) is 11.5 Å². The van der Waals surface area contributed by atoms with E-state index in [1.807, 2.05) is 0 Å². The maximum atomic E-state index is 12.6. The number of benzene rings is 1. The van der Waals surface area contributed by atoms with Gasteiger partial charge in [-0.05, 0) is 26.8 Å². The standard InChI is InChI=1S/C19H22O7/c1-5-24-18(21)16(19(22)25-6-2)15-12-9-7-8-10-13(12)26-11(3)14(15)17(20)23-4/h7-10,15-16H,5-6H2,1-4H3. The van der Waals surface area contributed by atoms with Crippen LogP contribution in [0, 0.1) is 5.92 Å². The van der Waals surface area contributed by atoms with Crippen LogP contribution in [0.5, 0.6) is 5.75 Å². The molecule has 1 heterocycles. The van der Waals surface area contributed by atoms with Crippen molar-refractivity contribution < 1.29 is 33.3 Å². The second kappa shape index (κ2) is 8.51. The largest absolute Gasteiger partial charge is 0.466 e. The third-order valence-electron chi connectivity index (χ3n) is 4.03. The van der Waals surface area contributed by atoms with Gasteiger partial charge in [-0.25, -0.2) is 4.79 Å². The van der Waals surface area contributed by atoms with Crippen LogP contribution < -0.4 is 4.74 Å². The number of para-hydroxylation sites is 1. The Morgan fingerprint density at radius 1 is 1.08 bits per heavy atom. The summed E-state index contributed by atoms with van der Waals surface area (Å²) >= 11 is 0. The Kier molecular flexibility index (Phi) is 6.38. The molecule has 0 fully saturated rings. The van der Waals surface area contributed by atoms with Gasteiger partial charge < -0.3 is 18.9 Å². The molecule has 1 aromatic carbocycles. The van der Waals surface area contributed by atoms with E-state index in [0.29, 0.717) is 11.3 Å².